The number of alkyl carbamates (subject to hydrolysis) is 1. The van der Waals surface area contributed by atoms with E-state index in [1.54, 1.807) is 20.8 Å². The van der Waals surface area contributed by atoms with Gasteiger partial charge in [0.25, 0.3) is 0 Å². The van der Waals surface area contributed by atoms with Crippen LogP contribution in [-0.2, 0) is 20.9 Å². The second kappa shape index (κ2) is 9.61. The van der Waals surface area contributed by atoms with E-state index in [2.05, 4.69) is 27.8 Å². The molecular weight excluding hydrogens is 386 g/mol. The first-order valence-electron chi connectivity index (χ1n) is 8.12. The van der Waals surface area contributed by atoms with Crippen LogP contribution in [0.4, 0.5) is 4.79 Å². The summed E-state index contributed by atoms with van der Waals surface area (Å²) >= 11 is 3.29. The minimum atomic E-state index is -0.822. The summed E-state index contributed by atoms with van der Waals surface area (Å²) in [6, 6.07) is 8.51. The van der Waals surface area contributed by atoms with E-state index in [0.717, 1.165) is 10.0 Å². The summed E-state index contributed by atoms with van der Waals surface area (Å²) in [6.45, 7) is 11.1. The molecule has 0 saturated carbocycles. The lowest BCUT2D eigenvalue weighted by molar-refractivity contribution is -0.158. The van der Waals surface area contributed by atoms with Gasteiger partial charge in [0.1, 0.15) is 18.2 Å². The standard InChI is InChI=1S/C19H26BrNO4/c1-13(11-14(2)20)16(17(22)25-19(3,4)5)21-18(23)24-12-15-9-7-6-8-10-15/h6-10,13,16H,2,11-12H2,1,3-5H3,(H,21,23)/t13-,16-/m0/s1. The Hall–Kier alpha value is -1.82. The van der Waals surface area contributed by atoms with Gasteiger partial charge in [-0.2, -0.15) is 0 Å². The summed E-state index contributed by atoms with van der Waals surface area (Å²) in [5, 5.41) is 2.62. The van der Waals surface area contributed by atoms with Crippen LogP contribution in [0.25, 0.3) is 0 Å². The maximum Gasteiger partial charge on any atom is 0.408 e. The third-order valence-electron chi connectivity index (χ3n) is 3.26. The molecule has 0 heterocycles. The fourth-order valence-corrected chi connectivity index (χ4v) is 2.67. The summed E-state index contributed by atoms with van der Waals surface area (Å²) in [4.78, 5) is 24.6. The third-order valence-corrected chi connectivity index (χ3v) is 3.58. The molecule has 1 N–H and O–H groups in total. The highest BCUT2D eigenvalue weighted by Gasteiger charge is 2.31. The molecule has 0 fully saturated rings. The molecule has 25 heavy (non-hydrogen) atoms. The number of carbonyl (C=O) groups excluding carboxylic acids is 2. The molecule has 0 aliphatic heterocycles. The molecule has 5 nitrogen and oxygen atoms in total. The summed E-state index contributed by atoms with van der Waals surface area (Å²) < 4.78 is 11.4. The summed E-state index contributed by atoms with van der Waals surface area (Å²) in [7, 11) is 0. The predicted molar refractivity (Wildman–Crippen MR) is 101 cm³/mol. The van der Waals surface area contributed by atoms with Gasteiger partial charge in [0.15, 0.2) is 0 Å². The Bertz CT molecular complexity index is 595. The van der Waals surface area contributed by atoms with Crippen molar-refractivity contribution in [2.45, 2.75) is 52.4 Å². The monoisotopic (exact) mass is 411 g/mol. The van der Waals surface area contributed by atoms with Crippen LogP contribution in [0, 0.1) is 5.92 Å². The van der Waals surface area contributed by atoms with Crippen LogP contribution >= 0.6 is 15.9 Å². The molecule has 6 heteroatoms. The number of benzene rings is 1. The quantitative estimate of drug-likeness (QED) is 0.667. The SMILES string of the molecule is C=C(Br)C[C@H](C)[C@H](NC(=O)OCc1ccccc1)C(=O)OC(C)(C)C. The number of halogens is 1. The van der Waals surface area contributed by atoms with Crippen molar-refractivity contribution < 1.29 is 19.1 Å². The number of allylic oxidation sites excluding steroid dienone is 1. The molecule has 1 aromatic rings. The number of carbonyl (C=O) groups is 2. The van der Waals surface area contributed by atoms with Gasteiger partial charge in [0, 0.05) is 0 Å². The molecule has 1 aromatic carbocycles. The molecule has 0 aliphatic rings. The van der Waals surface area contributed by atoms with Gasteiger partial charge in [-0.15, -0.1) is 0 Å². The topological polar surface area (TPSA) is 64.6 Å². The highest BCUT2D eigenvalue weighted by Crippen LogP contribution is 2.21. The maximum absolute atomic E-state index is 12.5. The molecule has 0 saturated heterocycles. The molecule has 138 valence electrons. The smallest absolute Gasteiger partial charge is 0.408 e. The number of esters is 1. The normalized spacial score (nSPS) is 13.5. The van der Waals surface area contributed by atoms with Gasteiger partial charge in [-0.05, 0) is 43.2 Å². The second-order valence-electron chi connectivity index (χ2n) is 6.92. The highest BCUT2D eigenvalue weighted by molar-refractivity contribution is 9.11. The predicted octanol–water partition coefficient (Wildman–Crippen LogP) is 4.56. The van der Waals surface area contributed by atoms with Crippen LogP contribution in [0.1, 0.15) is 39.7 Å². The van der Waals surface area contributed by atoms with Gasteiger partial charge >= 0.3 is 12.1 Å². The van der Waals surface area contributed by atoms with Crippen molar-refractivity contribution in [1.82, 2.24) is 5.32 Å². The molecule has 0 bridgehead atoms. The zero-order valence-electron chi connectivity index (χ0n) is 15.2. The third kappa shape index (κ3) is 8.72. The molecular formula is C19H26BrNO4. The first-order valence-corrected chi connectivity index (χ1v) is 8.91. The molecule has 0 spiro atoms. The van der Waals surface area contributed by atoms with Gasteiger partial charge in [0.2, 0.25) is 0 Å². The van der Waals surface area contributed by atoms with E-state index in [-0.39, 0.29) is 12.5 Å². The Labute approximate surface area is 157 Å². The van der Waals surface area contributed by atoms with Gasteiger partial charge in [-0.1, -0.05) is 59.8 Å². The molecule has 0 aliphatic carbocycles. The summed E-state index contributed by atoms with van der Waals surface area (Å²) in [6.07, 6.45) is -0.144. The largest absolute Gasteiger partial charge is 0.458 e. The molecule has 1 amide bonds. The summed E-state index contributed by atoms with van der Waals surface area (Å²) in [5.41, 5.74) is 0.226. The number of hydrogen-bond donors (Lipinski definition) is 1. The second-order valence-corrected chi connectivity index (χ2v) is 8.04. The first kappa shape index (κ1) is 21.2. The Morgan fingerprint density at radius 1 is 1.24 bits per heavy atom. The Morgan fingerprint density at radius 3 is 2.36 bits per heavy atom. The molecule has 1 rings (SSSR count). The fraction of sp³-hybridized carbons (Fsp3) is 0.474. The van der Waals surface area contributed by atoms with Crippen LogP contribution < -0.4 is 5.32 Å². The zero-order chi connectivity index (χ0) is 19.0. The van der Waals surface area contributed by atoms with Gasteiger partial charge in [-0.3, -0.25) is 0 Å². The number of hydrogen-bond acceptors (Lipinski definition) is 4. The molecule has 0 aromatic heterocycles. The number of ether oxygens (including phenoxy) is 2. The highest BCUT2D eigenvalue weighted by atomic mass is 79.9. The summed E-state index contributed by atoms with van der Waals surface area (Å²) in [5.74, 6) is -0.698. The van der Waals surface area contributed by atoms with Crippen molar-refractivity contribution in [2.75, 3.05) is 0 Å². The Morgan fingerprint density at radius 2 is 1.84 bits per heavy atom. The number of amides is 1. The lowest BCUT2D eigenvalue weighted by Crippen LogP contribution is -2.48. The van der Waals surface area contributed by atoms with E-state index in [1.807, 2.05) is 37.3 Å². The number of rotatable bonds is 7. The zero-order valence-corrected chi connectivity index (χ0v) is 16.8. The van der Waals surface area contributed by atoms with Gasteiger partial charge in [-0.25, -0.2) is 9.59 Å². The van der Waals surface area contributed by atoms with Crippen molar-refractivity contribution in [2.24, 2.45) is 5.92 Å². The van der Waals surface area contributed by atoms with E-state index >= 15 is 0 Å². The van der Waals surface area contributed by atoms with Crippen molar-refractivity contribution in [3.8, 4) is 0 Å². The lowest BCUT2D eigenvalue weighted by Gasteiger charge is -2.27. The van der Waals surface area contributed by atoms with E-state index in [0.29, 0.717) is 6.42 Å². The lowest BCUT2D eigenvalue weighted by atomic mass is 9.98. The van der Waals surface area contributed by atoms with Crippen molar-refractivity contribution in [1.29, 1.82) is 0 Å². The molecule has 2 atom stereocenters. The van der Waals surface area contributed by atoms with E-state index in [1.165, 1.54) is 0 Å². The van der Waals surface area contributed by atoms with Gasteiger partial charge < -0.3 is 14.8 Å². The molecule has 0 radical (unpaired) electrons. The minimum Gasteiger partial charge on any atom is -0.458 e. The molecule has 0 unspecified atom stereocenters. The Kier molecular flexibility index (Phi) is 8.16. The van der Waals surface area contributed by atoms with Crippen molar-refractivity contribution in [3.05, 3.63) is 47.0 Å². The first-order chi connectivity index (χ1) is 11.6. The van der Waals surface area contributed by atoms with Crippen LogP contribution in [0.2, 0.25) is 0 Å². The average Bonchev–Trinajstić information content (AvgIpc) is 2.49. The van der Waals surface area contributed by atoms with Crippen LogP contribution in [0.15, 0.2) is 41.4 Å². The average molecular weight is 412 g/mol. The van der Waals surface area contributed by atoms with E-state index in [4.69, 9.17) is 9.47 Å². The minimum absolute atomic E-state index is 0.132. The van der Waals surface area contributed by atoms with Gasteiger partial charge in [0.05, 0.1) is 0 Å². The fourth-order valence-electron chi connectivity index (χ4n) is 2.16. The van der Waals surface area contributed by atoms with Crippen molar-refractivity contribution >= 4 is 28.0 Å². The maximum atomic E-state index is 12.5. The Balaban J connectivity index is 2.72. The number of nitrogens with one attached hydrogen (secondary N) is 1. The van der Waals surface area contributed by atoms with Crippen LogP contribution in [-0.4, -0.2) is 23.7 Å². The van der Waals surface area contributed by atoms with E-state index in [9.17, 15) is 9.59 Å². The van der Waals surface area contributed by atoms with Crippen molar-refractivity contribution in [3.63, 3.8) is 0 Å². The van der Waals surface area contributed by atoms with Crippen LogP contribution in [0.3, 0.4) is 0 Å². The van der Waals surface area contributed by atoms with E-state index < -0.39 is 23.7 Å². The van der Waals surface area contributed by atoms with Crippen LogP contribution in [0.5, 0.6) is 0 Å².